The Labute approximate surface area is 164 Å². The van der Waals surface area contributed by atoms with Gasteiger partial charge in [-0.25, -0.2) is 0 Å². The number of likely N-dealkylation sites (N-methyl/N-ethyl adjacent to an activating group) is 1. The minimum atomic E-state index is -0.900. The van der Waals surface area contributed by atoms with Crippen molar-refractivity contribution in [3.8, 4) is 11.5 Å². The average molecular weight is 391 g/mol. The molecule has 0 aromatic heterocycles. The first kappa shape index (κ1) is 19.6. The van der Waals surface area contributed by atoms with E-state index < -0.39 is 17.1 Å². The number of piperidine rings is 1. The van der Waals surface area contributed by atoms with Crippen molar-refractivity contribution in [3.05, 3.63) is 23.3 Å². The number of nitrogens with zero attached hydrogens (tertiary/aromatic N) is 1. The van der Waals surface area contributed by atoms with Crippen LogP contribution in [0.3, 0.4) is 0 Å². The number of hydrogen-bond donors (Lipinski definition) is 3. The van der Waals surface area contributed by atoms with Gasteiger partial charge in [-0.2, -0.15) is 0 Å². The van der Waals surface area contributed by atoms with Gasteiger partial charge in [-0.3, -0.25) is 4.79 Å². The number of benzene rings is 1. The van der Waals surface area contributed by atoms with Crippen molar-refractivity contribution in [1.82, 2.24) is 4.90 Å². The highest BCUT2D eigenvalue weighted by Crippen LogP contribution is 2.64. The molecular weight excluding hydrogens is 362 g/mol. The molecule has 1 aromatic carbocycles. The molecule has 2 fully saturated rings. The van der Waals surface area contributed by atoms with E-state index in [2.05, 4.69) is 18.0 Å². The van der Waals surface area contributed by atoms with Crippen molar-refractivity contribution >= 4 is 5.78 Å². The highest BCUT2D eigenvalue weighted by atomic mass is 16.5. The number of rotatable bonds is 3. The van der Waals surface area contributed by atoms with E-state index in [1.807, 2.05) is 6.07 Å². The van der Waals surface area contributed by atoms with Crippen molar-refractivity contribution in [2.24, 2.45) is 0 Å². The van der Waals surface area contributed by atoms with Crippen molar-refractivity contribution in [3.63, 3.8) is 0 Å². The molecule has 3 N–H and O–H groups in total. The van der Waals surface area contributed by atoms with Crippen molar-refractivity contribution < 1.29 is 29.6 Å². The van der Waals surface area contributed by atoms with E-state index in [-0.39, 0.29) is 25.0 Å². The zero-order chi connectivity index (χ0) is 20.1. The average Bonchev–Trinajstić information content (AvgIpc) is 3.04. The second kappa shape index (κ2) is 6.99. The number of ether oxygens (including phenoxy) is 2. The minimum absolute atomic E-state index is 0.0438. The van der Waals surface area contributed by atoms with Crippen LogP contribution in [0.15, 0.2) is 12.1 Å². The van der Waals surface area contributed by atoms with Crippen LogP contribution in [0.1, 0.15) is 36.8 Å². The third kappa shape index (κ3) is 2.40. The minimum Gasteiger partial charge on any atom is -0.493 e. The van der Waals surface area contributed by atoms with Gasteiger partial charge in [0.1, 0.15) is 0 Å². The van der Waals surface area contributed by atoms with Crippen LogP contribution in [0.25, 0.3) is 0 Å². The molecule has 2 heterocycles. The maximum absolute atomic E-state index is 12.7. The number of ketones is 1. The molecule has 1 spiro atoms. The number of Topliss-reactive ketones (excluding diaryl/α,β-unsaturated/α-hetero) is 1. The van der Waals surface area contributed by atoms with Crippen LogP contribution in [0.4, 0.5) is 0 Å². The summed E-state index contributed by atoms with van der Waals surface area (Å²) < 4.78 is 11.6. The molecule has 2 aliphatic heterocycles. The van der Waals surface area contributed by atoms with Gasteiger partial charge >= 0.3 is 0 Å². The summed E-state index contributed by atoms with van der Waals surface area (Å²) in [5.74, 6) is 1.47. The van der Waals surface area contributed by atoms with Gasteiger partial charge in [-0.05, 0) is 50.9 Å². The van der Waals surface area contributed by atoms with Crippen LogP contribution in [0.2, 0.25) is 0 Å². The highest BCUT2D eigenvalue weighted by Gasteiger charge is 2.72. The number of hydrogen-bond acceptors (Lipinski definition) is 7. The van der Waals surface area contributed by atoms with Crippen LogP contribution in [-0.2, 0) is 16.6 Å². The van der Waals surface area contributed by atoms with Gasteiger partial charge < -0.3 is 29.7 Å². The summed E-state index contributed by atoms with van der Waals surface area (Å²) >= 11 is 0. The molecule has 0 radical (unpaired) electrons. The lowest BCUT2D eigenvalue weighted by atomic mass is 9.49. The van der Waals surface area contributed by atoms with E-state index >= 15 is 0 Å². The number of carbonyl (C=O) groups excluding carboxylic acids is 1. The fourth-order valence-corrected chi connectivity index (χ4v) is 5.76. The fourth-order valence-electron chi connectivity index (χ4n) is 5.76. The summed E-state index contributed by atoms with van der Waals surface area (Å²) in [5, 5.41) is 27.6. The third-order valence-corrected chi connectivity index (χ3v) is 7.05. The van der Waals surface area contributed by atoms with Gasteiger partial charge in [0.2, 0.25) is 0 Å². The second-order valence-electron chi connectivity index (χ2n) is 8.24. The van der Waals surface area contributed by atoms with Gasteiger partial charge in [-0.15, -0.1) is 0 Å². The van der Waals surface area contributed by atoms with E-state index in [1.54, 1.807) is 7.11 Å². The molecule has 5 rings (SSSR count). The quantitative estimate of drug-likeness (QED) is 0.686. The molecule has 154 valence electrons. The summed E-state index contributed by atoms with van der Waals surface area (Å²) in [4.78, 5) is 14.9. The van der Waals surface area contributed by atoms with Gasteiger partial charge in [0.05, 0.1) is 18.1 Å². The Hall–Kier alpha value is -1.67. The second-order valence-corrected chi connectivity index (χ2v) is 8.24. The van der Waals surface area contributed by atoms with Crippen molar-refractivity contribution in [2.45, 2.75) is 55.3 Å². The summed E-state index contributed by atoms with van der Waals surface area (Å²) in [6, 6.07) is 4.05. The van der Waals surface area contributed by atoms with Crippen molar-refractivity contribution in [1.29, 1.82) is 0 Å². The lowest BCUT2D eigenvalue weighted by Gasteiger charge is -2.62. The van der Waals surface area contributed by atoms with E-state index in [9.17, 15) is 9.90 Å². The summed E-state index contributed by atoms with van der Waals surface area (Å²) in [5.41, 5.74) is 0.737. The molecule has 1 aromatic rings. The molecule has 4 aliphatic rings. The van der Waals surface area contributed by atoms with E-state index in [0.29, 0.717) is 30.8 Å². The van der Waals surface area contributed by atoms with Crippen LogP contribution < -0.4 is 9.47 Å². The Balaban J connectivity index is 0.000000346. The smallest absolute Gasteiger partial charge is 0.174 e. The van der Waals surface area contributed by atoms with Crippen LogP contribution in [0, 0.1) is 0 Å². The predicted molar refractivity (Wildman–Crippen MR) is 102 cm³/mol. The Bertz CT molecular complexity index is 780. The van der Waals surface area contributed by atoms with Crippen LogP contribution in [-0.4, -0.2) is 77.7 Å². The Morgan fingerprint density at radius 3 is 2.68 bits per heavy atom. The standard InChI is InChI=1S/C18H21NO4.C3H8O2/c1-19-8-7-17-14-10-3-4-12(22-2)15(14)23-16(17)11(20)5-6-18(17,21)13(19)9-10;4-2-1-3-5/h3-4,13,16,21H,5-9H2,1-2H3;4-5H,1-3H2/t13-,16+,17+,18-;/m1./s1. The molecule has 2 bridgehead atoms. The number of methoxy groups -OCH3 is 1. The molecule has 1 saturated carbocycles. The fraction of sp³-hybridized carbons (Fsp3) is 0.667. The molecule has 2 aliphatic carbocycles. The zero-order valence-corrected chi connectivity index (χ0v) is 16.5. The highest BCUT2D eigenvalue weighted by molar-refractivity contribution is 5.90. The topological polar surface area (TPSA) is 99.5 Å². The first-order valence-corrected chi connectivity index (χ1v) is 9.98. The first-order chi connectivity index (χ1) is 13.4. The summed E-state index contributed by atoms with van der Waals surface area (Å²) in [6.07, 6.45) is 2.39. The molecule has 0 unspecified atom stereocenters. The molecule has 28 heavy (non-hydrogen) atoms. The van der Waals surface area contributed by atoms with E-state index in [0.717, 1.165) is 24.9 Å². The molecule has 7 heteroatoms. The van der Waals surface area contributed by atoms with Crippen LogP contribution in [0.5, 0.6) is 11.5 Å². The van der Waals surface area contributed by atoms with Crippen molar-refractivity contribution in [2.75, 3.05) is 33.9 Å². The molecule has 4 atom stereocenters. The van der Waals surface area contributed by atoms with Crippen LogP contribution >= 0.6 is 0 Å². The number of aliphatic hydroxyl groups excluding tert-OH is 2. The largest absolute Gasteiger partial charge is 0.493 e. The van der Waals surface area contributed by atoms with Gasteiger partial charge in [-0.1, -0.05) is 6.07 Å². The number of likely N-dealkylation sites (tertiary alicyclic amines) is 1. The Morgan fingerprint density at radius 1 is 1.29 bits per heavy atom. The monoisotopic (exact) mass is 391 g/mol. The zero-order valence-electron chi connectivity index (χ0n) is 16.5. The van der Waals surface area contributed by atoms with E-state index in [1.165, 1.54) is 5.56 Å². The number of carbonyl (C=O) groups is 1. The van der Waals surface area contributed by atoms with E-state index in [4.69, 9.17) is 19.7 Å². The first-order valence-electron chi connectivity index (χ1n) is 9.98. The summed E-state index contributed by atoms with van der Waals surface area (Å²) in [7, 11) is 3.70. The van der Waals surface area contributed by atoms with Gasteiger partial charge in [0.15, 0.2) is 23.4 Å². The predicted octanol–water partition coefficient (Wildman–Crippen LogP) is 0.409. The normalized spacial score (nSPS) is 34.8. The summed E-state index contributed by atoms with van der Waals surface area (Å²) in [6.45, 7) is 1.06. The van der Waals surface area contributed by atoms with Gasteiger partial charge in [0, 0.05) is 31.2 Å². The third-order valence-electron chi connectivity index (χ3n) is 7.05. The number of aliphatic hydroxyl groups is 3. The molecule has 0 amide bonds. The Morgan fingerprint density at radius 2 is 2.04 bits per heavy atom. The maximum Gasteiger partial charge on any atom is 0.174 e. The SMILES string of the molecule is COc1ccc2c3c1O[C@H]1C(=O)CC[C@@]4(O)[C@@H](C2)N(C)CC[C@]314.OCCCO. The van der Waals surface area contributed by atoms with Gasteiger partial charge in [0.25, 0.3) is 0 Å². The molecule has 7 nitrogen and oxygen atoms in total. The lowest BCUT2D eigenvalue weighted by Crippen LogP contribution is -2.76. The molecular formula is C21H29NO6. The maximum atomic E-state index is 12.7. The molecule has 1 saturated heterocycles. The Kier molecular flexibility index (Phi) is 4.90. The lowest BCUT2D eigenvalue weighted by molar-refractivity contribution is -0.185.